The fraction of sp³-hybridized carbons (Fsp3) is 0. The van der Waals surface area contributed by atoms with Crippen molar-refractivity contribution in [2.24, 2.45) is 0 Å². The number of benzene rings is 2. The number of halogens is 2. The zero-order valence-corrected chi connectivity index (χ0v) is 15.8. The highest BCUT2D eigenvalue weighted by molar-refractivity contribution is 9.10. The number of hydrogen-bond acceptors (Lipinski definition) is 5. The summed E-state index contributed by atoms with van der Waals surface area (Å²) in [5.41, 5.74) is -0.0782. The Bertz CT molecular complexity index is 937. The summed E-state index contributed by atoms with van der Waals surface area (Å²) < 4.78 is 0.342. The second-order valence-corrected chi connectivity index (χ2v) is 6.50. The van der Waals surface area contributed by atoms with Crippen molar-refractivity contribution in [1.82, 2.24) is 5.32 Å². The van der Waals surface area contributed by atoms with Crippen LogP contribution < -0.4 is 10.6 Å². The first-order valence-corrected chi connectivity index (χ1v) is 8.36. The van der Waals surface area contributed by atoms with Crippen molar-refractivity contribution in [1.29, 1.82) is 0 Å². The smallest absolute Gasteiger partial charge is 0.335 e. The summed E-state index contributed by atoms with van der Waals surface area (Å²) in [6.07, 6.45) is 0. The fourth-order valence-corrected chi connectivity index (χ4v) is 2.67. The monoisotopic (exact) mass is 457 g/mol. The molecular formula is C15H9BrClN3O5S. The lowest BCUT2D eigenvalue weighted by Gasteiger charge is -2.12. The molecular weight excluding hydrogens is 450 g/mol. The number of carboxylic acid groups (broad SMARTS) is 1. The topological polar surface area (TPSA) is 122 Å². The van der Waals surface area contributed by atoms with Crippen LogP contribution in [-0.2, 0) is 0 Å². The molecule has 8 nitrogen and oxygen atoms in total. The standard InChI is InChI=1S/C15H9BrClN3O5S/c16-10-3-2-8(20(24)25)6-9(10)13(21)19-15(26)18-12-5-7(14(22)23)1-4-11(12)17/h1-6H,(H,22,23)(H2,18,19,21,26). The van der Waals surface area contributed by atoms with Crippen LogP contribution in [0.15, 0.2) is 40.9 Å². The van der Waals surface area contributed by atoms with Crippen LogP contribution in [0.5, 0.6) is 0 Å². The average molecular weight is 459 g/mol. The molecule has 134 valence electrons. The fourth-order valence-electron chi connectivity index (χ4n) is 1.88. The predicted molar refractivity (Wildman–Crippen MR) is 103 cm³/mol. The number of nitro groups is 1. The normalized spacial score (nSPS) is 10.1. The van der Waals surface area contributed by atoms with Crippen LogP contribution in [0.2, 0.25) is 5.02 Å². The van der Waals surface area contributed by atoms with E-state index < -0.39 is 16.8 Å². The number of nitro benzene ring substituents is 1. The van der Waals surface area contributed by atoms with Gasteiger partial charge in [-0.05, 0) is 52.4 Å². The maximum absolute atomic E-state index is 12.3. The SMILES string of the molecule is O=C(O)c1ccc(Cl)c(NC(=S)NC(=O)c2cc([N+](=O)[O-])ccc2Br)c1. The van der Waals surface area contributed by atoms with Gasteiger partial charge in [0, 0.05) is 16.6 Å². The van der Waals surface area contributed by atoms with Gasteiger partial charge in [-0.3, -0.25) is 20.2 Å². The third kappa shape index (κ3) is 4.75. The molecule has 26 heavy (non-hydrogen) atoms. The van der Waals surface area contributed by atoms with E-state index in [1.54, 1.807) is 0 Å². The highest BCUT2D eigenvalue weighted by atomic mass is 79.9. The van der Waals surface area contributed by atoms with Crippen LogP contribution >= 0.6 is 39.7 Å². The molecule has 0 heterocycles. The van der Waals surface area contributed by atoms with E-state index in [1.807, 2.05) is 0 Å². The number of rotatable bonds is 4. The van der Waals surface area contributed by atoms with Crippen molar-refractivity contribution in [3.8, 4) is 0 Å². The number of anilines is 1. The average Bonchev–Trinajstić information content (AvgIpc) is 2.56. The molecule has 0 saturated heterocycles. The maximum atomic E-state index is 12.3. The Morgan fingerprint density at radius 1 is 1.23 bits per heavy atom. The minimum Gasteiger partial charge on any atom is -0.478 e. The van der Waals surface area contributed by atoms with Gasteiger partial charge >= 0.3 is 5.97 Å². The molecule has 1 amide bonds. The molecule has 0 fully saturated rings. The van der Waals surface area contributed by atoms with E-state index in [9.17, 15) is 19.7 Å². The minimum absolute atomic E-state index is 0.00809. The molecule has 2 aromatic carbocycles. The minimum atomic E-state index is -1.15. The highest BCUT2D eigenvalue weighted by Gasteiger charge is 2.17. The van der Waals surface area contributed by atoms with Crippen molar-refractivity contribution in [3.05, 3.63) is 67.1 Å². The number of aromatic carboxylic acids is 1. The zero-order chi connectivity index (χ0) is 19.4. The molecule has 0 saturated carbocycles. The largest absolute Gasteiger partial charge is 0.478 e. The predicted octanol–water partition coefficient (Wildman–Crippen LogP) is 3.84. The number of hydrogen-bond donors (Lipinski definition) is 3. The molecule has 11 heteroatoms. The van der Waals surface area contributed by atoms with Gasteiger partial charge in [-0.2, -0.15) is 0 Å². The molecule has 0 aromatic heterocycles. The Morgan fingerprint density at radius 2 is 1.92 bits per heavy atom. The van der Waals surface area contributed by atoms with E-state index in [4.69, 9.17) is 28.9 Å². The number of non-ortho nitro benzene ring substituents is 1. The van der Waals surface area contributed by atoms with Crippen molar-refractivity contribution in [2.45, 2.75) is 0 Å². The maximum Gasteiger partial charge on any atom is 0.335 e. The lowest BCUT2D eigenvalue weighted by molar-refractivity contribution is -0.384. The van der Waals surface area contributed by atoms with Gasteiger partial charge in [0.2, 0.25) is 0 Å². The summed E-state index contributed by atoms with van der Waals surface area (Å²) in [6, 6.07) is 7.66. The molecule has 0 atom stereocenters. The number of thiocarbonyl (C=S) groups is 1. The molecule has 0 radical (unpaired) electrons. The van der Waals surface area contributed by atoms with Gasteiger partial charge in [0.25, 0.3) is 11.6 Å². The number of nitrogens with one attached hydrogen (secondary N) is 2. The molecule has 0 aliphatic carbocycles. The first-order chi connectivity index (χ1) is 12.2. The number of carbonyl (C=O) groups is 2. The Labute approximate surface area is 165 Å². The third-order valence-electron chi connectivity index (χ3n) is 3.09. The summed E-state index contributed by atoms with van der Waals surface area (Å²) in [7, 11) is 0. The Balaban J connectivity index is 2.17. The number of nitrogens with zero attached hydrogens (tertiary/aromatic N) is 1. The van der Waals surface area contributed by atoms with Crippen molar-refractivity contribution >= 4 is 68.1 Å². The van der Waals surface area contributed by atoms with Gasteiger partial charge in [-0.1, -0.05) is 11.6 Å². The molecule has 2 rings (SSSR count). The van der Waals surface area contributed by atoms with E-state index in [0.717, 1.165) is 6.07 Å². The van der Waals surface area contributed by atoms with Crippen LogP contribution in [0.3, 0.4) is 0 Å². The quantitative estimate of drug-likeness (QED) is 0.361. The van der Waals surface area contributed by atoms with Gasteiger partial charge in [-0.25, -0.2) is 4.79 Å². The lowest BCUT2D eigenvalue weighted by Crippen LogP contribution is -2.34. The number of carboxylic acids is 1. The number of carbonyl (C=O) groups excluding carboxylic acids is 1. The molecule has 0 spiro atoms. The summed E-state index contributed by atoms with van der Waals surface area (Å²) in [5.74, 6) is -1.84. The molecule has 0 aliphatic heterocycles. The van der Waals surface area contributed by atoms with Gasteiger partial charge in [-0.15, -0.1) is 0 Å². The molecule has 2 aromatic rings. The molecule has 0 bridgehead atoms. The molecule has 0 aliphatic rings. The summed E-state index contributed by atoms with van der Waals surface area (Å²) in [6.45, 7) is 0. The van der Waals surface area contributed by atoms with Crippen molar-refractivity contribution in [3.63, 3.8) is 0 Å². The summed E-state index contributed by atoms with van der Waals surface area (Å²) in [5, 5.41) is 24.8. The Morgan fingerprint density at radius 3 is 2.54 bits per heavy atom. The van der Waals surface area contributed by atoms with Gasteiger partial charge in [0.1, 0.15) is 0 Å². The van der Waals surface area contributed by atoms with Crippen LogP contribution in [0.1, 0.15) is 20.7 Å². The first-order valence-electron chi connectivity index (χ1n) is 6.78. The van der Waals surface area contributed by atoms with Gasteiger partial charge in [0.05, 0.1) is 26.8 Å². The van der Waals surface area contributed by atoms with E-state index in [-0.39, 0.29) is 32.6 Å². The van der Waals surface area contributed by atoms with E-state index in [2.05, 4.69) is 26.6 Å². The molecule has 3 N–H and O–H groups in total. The van der Waals surface area contributed by atoms with Crippen molar-refractivity contribution in [2.75, 3.05) is 5.32 Å². The third-order valence-corrected chi connectivity index (χ3v) is 4.32. The van der Waals surface area contributed by atoms with Crippen LogP contribution in [0, 0.1) is 10.1 Å². The Kier molecular flexibility index (Phi) is 6.24. The second-order valence-electron chi connectivity index (χ2n) is 4.83. The number of amides is 1. The Hall–Kier alpha value is -2.56. The van der Waals surface area contributed by atoms with E-state index in [1.165, 1.54) is 30.3 Å². The first kappa shape index (κ1) is 19.8. The highest BCUT2D eigenvalue weighted by Crippen LogP contribution is 2.24. The van der Waals surface area contributed by atoms with E-state index in [0.29, 0.717) is 4.47 Å². The summed E-state index contributed by atoms with van der Waals surface area (Å²) in [4.78, 5) is 33.5. The van der Waals surface area contributed by atoms with Crippen LogP contribution in [0.4, 0.5) is 11.4 Å². The van der Waals surface area contributed by atoms with Gasteiger partial charge < -0.3 is 10.4 Å². The van der Waals surface area contributed by atoms with Gasteiger partial charge in [0.15, 0.2) is 5.11 Å². The van der Waals surface area contributed by atoms with Crippen LogP contribution in [0.25, 0.3) is 0 Å². The van der Waals surface area contributed by atoms with Crippen molar-refractivity contribution < 1.29 is 19.6 Å². The van der Waals surface area contributed by atoms with E-state index >= 15 is 0 Å². The van der Waals surface area contributed by atoms with Crippen LogP contribution in [-0.4, -0.2) is 27.0 Å². The molecule has 0 unspecified atom stereocenters. The summed E-state index contributed by atoms with van der Waals surface area (Å²) >= 11 is 14.1. The second kappa shape index (κ2) is 8.21. The zero-order valence-electron chi connectivity index (χ0n) is 12.7. The lowest BCUT2D eigenvalue weighted by atomic mass is 10.2.